The number of benzene rings is 1. The average Bonchev–Trinajstić information content (AvgIpc) is 2.34. The van der Waals surface area contributed by atoms with Crippen molar-refractivity contribution in [3.05, 3.63) is 42.0 Å². The van der Waals surface area contributed by atoms with E-state index in [1.807, 2.05) is 0 Å². The Balaban J connectivity index is 2.83. The number of hydrogen-bond acceptors (Lipinski definition) is 2. The molecule has 0 radical (unpaired) electrons. The average molecular weight is 246 g/mol. The Kier molecular flexibility index (Phi) is 5.93. The van der Waals surface area contributed by atoms with E-state index >= 15 is 0 Å². The summed E-state index contributed by atoms with van der Waals surface area (Å²) in [7, 11) is 4.16. The van der Waals surface area contributed by atoms with Gasteiger partial charge in [0.1, 0.15) is 0 Å². The standard InChI is InChI=1S/C16H26N2/c1-6-17-16(11-10-13(2)3)14-8-7-9-15(12-14)18(4)5/h7-9,12,16-17H,2,6,10-11H2,1,3-5H3. The topological polar surface area (TPSA) is 15.3 Å². The van der Waals surface area contributed by atoms with Gasteiger partial charge >= 0.3 is 0 Å². The van der Waals surface area contributed by atoms with Gasteiger partial charge < -0.3 is 10.2 Å². The molecule has 1 aromatic carbocycles. The SMILES string of the molecule is C=C(C)CCC(NCC)c1cccc(N(C)C)c1. The summed E-state index contributed by atoms with van der Waals surface area (Å²) in [4.78, 5) is 2.14. The molecule has 0 aromatic heterocycles. The Morgan fingerprint density at radius 2 is 2.11 bits per heavy atom. The zero-order valence-electron chi connectivity index (χ0n) is 12.2. The fourth-order valence-electron chi connectivity index (χ4n) is 2.04. The van der Waals surface area contributed by atoms with Gasteiger partial charge in [-0.3, -0.25) is 0 Å². The molecule has 1 atom stereocenters. The first-order valence-corrected chi connectivity index (χ1v) is 6.69. The Morgan fingerprint density at radius 3 is 2.67 bits per heavy atom. The van der Waals surface area contributed by atoms with E-state index in [4.69, 9.17) is 0 Å². The van der Waals surface area contributed by atoms with Gasteiger partial charge in [-0.25, -0.2) is 0 Å². The van der Waals surface area contributed by atoms with E-state index in [-0.39, 0.29) is 0 Å². The molecular formula is C16H26N2. The van der Waals surface area contributed by atoms with Gasteiger partial charge in [0.2, 0.25) is 0 Å². The van der Waals surface area contributed by atoms with Crippen LogP contribution in [-0.4, -0.2) is 20.6 Å². The molecule has 0 spiro atoms. The molecule has 0 bridgehead atoms. The Morgan fingerprint density at radius 1 is 1.39 bits per heavy atom. The lowest BCUT2D eigenvalue weighted by Gasteiger charge is -2.21. The number of rotatable bonds is 7. The second-order valence-corrected chi connectivity index (χ2v) is 5.10. The predicted molar refractivity (Wildman–Crippen MR) is 81.2 cm³/mol. The van der Waals surface area contributed by atoms with Crippen molar-refractivity contribution in [2.75, 3.05) is 25.5 Å². The molecule has 1 rings (SSSR count). The summed E-state index contributed by atoms with van der Waals surface area (Å²) in [6.45, 7) is 9.24. The normalized spacial score (nSPS) is 12.2. The number of anilines is 1. The Bertz CT molecular complexity index is 382. The number of nitrogens with one attached hydrogen (secondary N) is 1. The van der Waals surface area contributed by atoms with Gasteiger partial charge in [-0.15, -0.1) is 6.58 Å². The van der Waals surface area contributed by atoms with Gasteiger partial charge in [0.15, 0.2) is 0 Å². The van der Waals surface area contributed by atoms with Crippen LogP contribution in [0.2, 0.25) is 0 Å². The van der Waals surface area contributed by atoms with Gasteiger partial charge in [-0.1, -0.05) is 24.6 Å². The summed E-state index contributed by atoms with van der Waals surface area (Å²) in [5.41, 5.74) is 3.87. The van der Waals surface area contributed by atoms with Crippen molar-refractivity contribution in [2.45, 2.75) is 32.7 Å². The van der Waals surface area contributed by atoms with Gasteiger partial charge in [-0.05, 0) is 44.0 Å². The summed E-state index contributed by atoms with van der Waals surface area (Å²) in [5.74, 6) is 0. The maximum atomic E-state index is 3.99. The summed E-state index contributed by atoms with van der Waals surface area (Å²) in [5, 5.41) is 3.56. The highest BCUT2D eigenvalue weighted by atomic mass is 15.1. The van der Waals surface area contributed by atoms with E-state index in [2.05, 4.69) is 69.0 Å². The molecule has 0 amide bonds. The molecule has 2 heteroatoms. The zero-order chi connectivity index (χ0) is 13.5. The largest absolute Gasteiger partial charge is 0.378 e. The number of hydrogen-bond donors (Lipinski definition) is 1. The quantitative estimate of drug-likeness (QED) is 0.737. The predicted octanol–water partition coefficient (Wildman–Crippen LogP) is 3.76. The van der Waals surface area contributed by atoms with Crippen molar-refractivity contribution in [1.82, 2.24) is 5.32 Å². The second kappa shape index (κ2) is 7.22. The van der Waals surface area contributed by atoms with E-state index in [9.17, 15) is 0 Å². The molecule has 1 aromatic rings. The van der Waals surface area contributed by atoms with Crippen LogP contribution in [0.3, 0.4) is 0 Å². The molecule has 0 fully saturated rings. The van der Waals surface area contributed by atoms with Gasteiger partial charge in [0.25, 0.3) is 0 Å². The first kappa shape index (κ1) is 14.8. The molecule has 1 unspecified atom stereocenters. The van der Waals surface area contributed by atoms with Crippen molar-refractivity contribution in [2.24, 2.45) is 0 Å². The lowest BCUT2D eigenvalue weighted by molar-refractivity contribution is 0.515. The first-order valence-electron chi connectivity index (χ1n) is 6.69. The highest BCUT2D eigenvalue weighted by molar-refractivity contribution is 5.47. The molecular weight excluding hydrogens is 220 g/mol. The number of allylic oxidation sites excluding steroid dienone is 1. The van der Waals surface area contributed by atoms with Crippen LogP contribution in [0.25, 0.3) is 0 Å². The molecule has 0 saturated heterocycles. The van der Waals surface area contributed by atoms with Crippen LogP contribution in [0.1, 0.15) is 38.3 Å². The Hall–Kier alpha value is -1.28. The minimum atomic E-state index is 0.423. The molecule has 0 heterocycles. The summed E-state index contributed by atoms with van der Waals surface area (Å²) < 4.78 is 0. The van der Waals surface area contributed by atoms with E-state index in [1.165, 1.54) is 16.8 Å². The van der Waals surface area contributed by atoms with Crippen LogP contribution in [0.4, 0.5) is 5.69 Å². The third-order valence-corrected chi connectivity index (χ3v) is 3.10. The lowest BCUT2D eigenvalue weighted by atomic mass is 9.99. The zero-order valence-corrected chi connectivity index (χ0v) is 12.2. The van der Waals surface area contributed by atoms with E-state index in [1.54, 1.807) is 0 Å². The summed E-state index contributed by atoms with van der Waals surface area (Å²) in [6, 6.07) is 9.18. The van der Waals surface area contributed by atoms with Crippen molar-refractivity contribution in [3.8, 4) is 0 Å². The van der Waals surface area contributed by atoms with E-state index < -0.39 is 0 Å². The maximum Gasteiger partial charge on any atom is 0.0364 e. The van der Waals surface area contributed by atoms with Gasteiger partial charge in [-0.2, -0.15) is 0 Å². The third kappa shape index (κ3) is 4.53. The van der Waals surface area contributed by atoms with Crippen LogP contribution in [0.5, 0.6) is 0 Å². The third-order valence-electron chi connectivity index (χ3n) is 3.10. The van der Waals surface area contributed by atoms with Gasteiger partial charge in [0.05, 0.1) is 0 Å². The van der Waals surface area contributed by atoms with E-state index in [0.29, 0.717) is 6.04 Å². The number of nitrogens with zero attached hydrogens (tertiary/aromatic N) is 1. The fraction of sp³-hybridized carbons (Fsp3) is 0.500. The molecule has 0 aliphatic carbocycles. The second-order valence-electron chi connectivity index (χ2n) is 5.10. The van der Waals surface area contributed by atoms with Crippen molar-refractivity contribution < 1.29 is 0 Å². The molecule has 18 heavy (non-hydrogen) atoms. The monoisotopic (exact) mass is 246 g/mol. The lowest BCUT2D eigenvalue weighted by Crippen LogP contribution is -2.21. The summed E-state index contributed by atoms with van der Waals surface area (Å²) in [6.07, 6.45) is 2.18. The highest BCUT2D eigenvalue weighted by Gasteiger charge is 2.10. The Labute approximate surface area is 112 Å². The molecule has 1 N–H and O–H groups in total. The maximum absolute atomic E-state index is 3.99. The van der Waals surface area contributed by atoms with Crippen molar-refractivity contribution >= 4 is 5.69 Å². The fourth-order valence-corrected chi connectivity index (χ4v) is 2.04. The molecule has 0 saturated carbocycles. The first-order chi connectivity index (χ1) is 8.54. The van der Waals surface area contributed by atoms with Gasteiger partial charge in [0, 0.05) is 25.8 Å². The minimum absolute atomic E-state index is 0.423. The minimum Gasteiger partial charge on any atom is -0.378 e. The van der Waals surface area contributed by atoms with Crippen molar-refractivity contribution in [1.29, 1.82) is 0 Å². The van der Waals surface area contributed by atoms with Crippen LogP contribution >= 0.6 is 0 Å². The molecule has 2 nitrogen and oxygen atoms in total. The molecule has 0 aliphatic rings. The van der Waals surface area contributed by atoms with Crippen LogP contribution in [0.15, 0.2) is 36.4 Å². The van der Waals surface area contributed by atoms with Crippen molar-refractivity contribution in [3.63, 3.8) is 0 Å². The summed E-state index contributed by atoms with van der Waals surface area (Å²) >= 11 is 0. The molecule has 100 valence electrons. The van der Waals surface area contributed by atoms with Crippen LogP contribution in [0, 0.1) is 0 Å². The smallest absolute Gasteiger partial charge is 0.0364 e. The molecule has 0 aliphatic heterocycles. The highest BCUT2D eigenvalue weighted by Crippen LogP contribution is 2.24. The van der Waals surface area contributed by atoms with E-state index in [0.717, 1.165) is 19.4 Å². The van der Waals surface area contributed by atoms with Crippen LogP contribution < -0.4 is 10.2 Å². The van der Waals surface area contributed by atoms with Crippen LogP contribution in [-0.2, 0) is 0 Å².